The van der Waals surface area contributed by atoms with Crippen LogP contribution in [0.15, 0.2) is 44.2 Å². The summed E-state index contributed by atoms with van der Waals surface area (Å²) in [5, 5.41) is 1.45. The highest BCUT2D eigenvalue weighted by Crippen LogP contribution is 2.26. The lowest BCUT2D eigenvalue weighted by Crippen LogP contribution is -2.50. The van der Waals surface area contributed by atoms with Crippen LogP contribution in [0.2, 0.25) is 0 Å². The normalized spacial score (nSPS) is 27.3. The van der Waals surface area contributed by atoms with E-state index in [2.05, 4.69) is 20.4 Å². The standard InChI is InChI=1S/C17H19N7O.C2H6/c1-10-6-4-5-7-12(10)21-15-14(17(25)23(3)22-15)24-9-20-13-11(2)18-8-19-16(13)24;1-2/h4-9,13-14,16H,1-3H3,(H,21,22);1-2H3. The van der Waals surface area contributed by atoms with Gasteiger partial charge >= 0.3 is 0 Å². The van der Waals surface area contributed by atoms with Gasteiger partial charge in [0.15, 0.2) is 18.0 Å². The van der Waals surface area contributed by atoms with Gasteiger partial charge in [-0.15, -0.1) is 0 Å². The molecule has 0 aliphatic carbocycles. The zero-order valence-corrected chi connectivity index (χ0v) is 16.3. The van der Waals surface area contributed by atoms with Crippen LogP contribution >= 0.6 is 0 Å². The molecule has 4 rings (SSSR count). The lowest BCUT2D eigenvalue weighted by molar-refractivity contribution is -0.131. The minimum absolute atomic E-state index is 0.0881. The fourth-order valence-electron chi connectivity index (χ4n) is 3.19. The molecule has 0 spiro atoms. The SMILES string of the molecule is CC.CC1=NC=NC2C1N=CN2C1C(=O)N(C)NC1=Nc1ccccc1C. The molecule has 3 aliphatic heterocycles. The summed E-state index contributed by atoms with van der Waals surface area (Å²) in [6.45, 7) is 7.92. The summed E-state index contributed by atoms with van der Waals surface area (Å²) in [5.41, 5.74) is 5.83. The maximum absolute atomic E-state index is 12.7. The average Bonchev–Trinajstić information content (AvgIpc) is 3.21. The summed E-state index contributed by atoms with van der Waals surface area (Å²) in [5.74, 6) is 0.485. The molecule has 3 unspecified atom stereocenters. The average molecular weight is 367 g/mol. The van der Waals surface area contributed by atoms with E-state index in [4.69, 9.17) is 4.99 Å². The van der Waals surface area contributed by atoms with Gasteiger partial charge in [-0.3, -0.25) is 20.2 Å². The fourth-order valence-corrected chi connectivity index (χ4v) is 3.19. The summed E-state index contributed by atoms with van der Waals surface area (Å²) in [6, 6.07) is 7.09. The summed E-state index contributed by atoms with van der Waals surface area (Å²) in [6.07, 6.45) is 2.96. The predicted octanol–water partition coefficient (Wildman–Crippen LogP) is 1.94. The first-order valence-corrected chi connectivity index (χ1v) is 9.11. The molecule has 3 aliphatic rings. The van der Waals surface area contributed by atoms with Crippen LogP contribution in [0.5, 0.6) is 0 Å². The highest BCUT2D eigenvalue weighted by Gasteiger charge is 2.46. The predicted molar refractivity (Wildman–Crippen MR) is 109 cm³/mol. The number of amidine groups is 1. The van der Waals surface area contributed by atoms with Crippen molar-refractivity contribution in [2.45, 2.75) is 45.9 Å². The molecule has 1 fully saturated rings. The van der Waals surface area contributed by atoms with Crippen LogP contribution < -0.4 is 5.43 Å². The van der Waals surface area contributed by atoms with Gasteiger partial charge in [0.25, 0.3) is 5.91 Å². The van der Waals surface area contributed by atoms with Crippen LogP contribution in [0.3, 0.4) is 0 Å². The third-order valence-corrected chi connectivity index (χ3v) is 4.62. The molecule has 0 aromatic heterocycles. The number of hydrazine groups is 1. The Kier molecular flexibility index (Phi) is 5.34. The lowest BCUT2D eigenvalue weighted by Gasteiger charge is -2.29. The Morgan fingerprint density at radius 2 is 1.89 bits per heavy atom. The lowest BCUT2D eigenvalue weighted by atomic mass is 10.1. The van der Waals surface area contributed by atoms with E-state index in [1.54, 1.807) is 13.4 Å². The van der Waals surface area contributed by atoms with Gasteiger partial charge in [-0.2, -0.15) is 0 Å². The summed E-state index contributed by atoms with van der Waals surface area (Å²) in [7, 11) is 1.69. The van der Waals surface area contributed by atoms with Gasteiger partial charge in [-0.1, -0.05) is 32.0 Å². The van der Waals surface area contributed by atoms with Gasteiger partial charge in [0, 0.05) is 12.8 Å². The molecule has 27 heavy (non-hydrogen) atoms. The maximum Gasteiger partial charge on any atom is 0.271 e. The molecule has 0 saturated carbocycles. The second-order valence-corrected chi connectivity index (χ2v) is 6.30. The van der Waals surface area contributed by atoms with Crippen LogP contribution in [0, 0.1) is 6.92 Å². The Morgan fingerprint density at radius 3 is 2.63 bits per heavy atom. The summed E-state index contributed by atoms with van der Waals surface area (Å²) in [4.78, 5) is 32.4. The molecule has 1 aromatic rings. The van der Waals surface area contributed by atoms with Crippen molar-refractivity contribution < 1.29 is 4.79 Å². The van der Waals surface area contributed by atoms with Crippen LogP contribution in [0.25, 0.3) is 0 Å². The number of aryl methyl sites for hydroxylation is 1. The number of nitrogens with one attached hydrogen (secondary N) is 1. The zero-order valence-electron chi connectivity index (χ0n) is 16.3. The molecule has 1 aromatic carbocycles. The van der Waals surface area contributed by atoms with Gasteiger partial charge in [-0.25, -0.2) is 15.0 Å². The molecular formula is C19H25N7O. The molecular weight excluding hydrogens is 342 g/mol. The number of fused-ring (bicyclic) bond motifs is 1. The minimum Gasteiger partial charge on any atom is -0.320 e. The molecule has 1 N–H and O–H groups in total. The number of benzene rings is 1. The monoisotopic (exact) mass is 367 g/mol. The minimum atomic E-state index is -0.577. The van der Waals surface area contributed by atoms with Crippen LogP contribution in [0.4, 0.5) is 5.69 Å². The van der Waals surface area contributed by atoms with E-state index in [1.807, 2.05) is 56.9 Å². The fraction of sp³-hybridized carbons (Fsp3) is 0.421. The number of rotatable bonds is 2. The topological polar surface area (TPSA) is 85.0 Å². The van der Waals surface area contributed by atoms with Crippen LogP contribution in [-0.4, -0.2) is 65.3 Å². The number of hydrogen-bond acceptors (Lipinski definition) is 6. The molecule has 1 saturated heterocycles. The molecule has 0 radical (unpaired) electrons. The Morgan fingerprint density at radius 1 is 1.15 bits per heavy atom. The van der Waals surface area contributed by atoms with Crippen molar-refractivity contribution in [3.05, 3.63) is 29.8 Å². The number of nitrogens with zero attached hydrogens (tertiary/aromatic N) is 6. The smallest absolute Gasteiger partial charge is 0.271 e. The number of amides is 1. The second kappa shape index (κ2) is 7.69. The van der Waals surface area contributed by atoms with Crippen molar-refractivity contribution in [2.75, 3.05) is 7.05 Å². The second-order valence-electron chi connectivity index (χ2n) is 6.30. The molecule has 1 amide bonds. The van der Waals surface area contributed by atoms with E-state index in [0.29, 0.717) is 5.84 Å². The van der Waals surface area contributed by atoms with Gasteiger partial charge in [0.05, 0.1) is 12.0 Å². The number of para-hydroxylation sites is 1. The van der Waals surface area contributed by atoms with Gasteiger partial charge in [-0.05, 0) is 25.5 Å². The number of carbonyl (C=O) groups excluding carboxylic acids is 1. The van der Waals surface area contributed by atoms with Crippen molar-refractivity contribution in [2.24, 2.45) is 20.0 Å². The van der Waals surface area contributed by atoms with Gasteiger partial charge < -0.3 is 4.90 Å². The molecule has 0 bridgehead atoms. The molecule has 3 atom stereocenters. The largest absolute Gasteiger partial charge is 0.320 e. The highest BCUT2D eigenvalue weighted by molar-refractivity contribution is 6.14. The van der Waals surface area contributed by atoms with E-state index in [-0.39, 0.29) is 18.1 Å². The Balaban J connectivity index is 0.00000102. The van der Waals surface area contributed by atoms with Crippen molar-refractivity contribution in [1.82, 2.24) is 15.3 Å². The first-order chi connectivity index (χ1) is 13.1. The maximum atomic E-state index is 12.7. The van der Waals surface area contributed by atoms with Crippen LogP contribution in [0.1, 0.15) is 26.3 Å². The summed E-state index contributed by atoms with van der Waals surface area (Å²) < 4.78 is 0. The molecule has 8 heteroatoms. The zero-order chi connectivity index (χ0) is 19.6. The van der Waals surface area contributed by atoms with Crippen LogP contribution in [-0.2, 0) is 4.79 Å². The van der Waals surface area contributed by atoms with Crippen molar-refractivity contribution in [3.63, 3.8) is 0 Å². The number of aliphatic imine (C=N–C) groups is 4. The Bertz CT molecular complexity index is 842. The third kappa shape index (κ3) is 3.34. The van der Waals surface area contributed by atoms with Crippen molar-refractivity contribution in [1.29, 1.82) is 0 Å². The van der Waals surface area contributed by atoms with Gasteiger partial charge in [0.1, 0.15) is 12.4 Å². The highest BCUT2D eigenvalue weighted by atomic mass is 16.2. The number of carbonyl (C=O) groups is 1. The first-order valence-electron chi connectivity index (χ1n) is 9.11. The van der Waals surface area contributed by atoms with E-state index in [1.165, 1.54) is 11.3 Å². The molecule has 142 valence electrons. The van der Waals surface area contributed by atoms with Crippen molar-refractivity contribution >= 4 is 35.8 Å². The molecule has 8 nitrogen and oxygen atoms in total. The van der Waals surface area contributed by atoms with E-state index in [0.717, 1.165) is 17.0 Å². The Hall–Kier alpha value is -3.03. The molecule has 3 heterocycles. The quantitative estimate of drug-likeness (QED) is 0.867. The van der Waals surface area contributed by atoms with E-state index < -0.39 is 6.04 Å². The first kappa shape index (κ1) is 18.8. The summed E-state index contributed by atoms with van der Waals surface area (Å²) >= 11 is 0. The van der Waals surface area contributed by atoms with E-state index >= 15 is 0 Å². The third-order valence-electron chi connectivity index (χ3n) is 4.62. The van der Waals surface area contributed by atoms with E-state index in [9.17, 15) is 4.79 Å². The number of hydrogen-bond donors (Lipinski definition) is 1. The van der Waals surface area contributed by atoms with Gasteiger partial charge in [0.2, 0.25) is 0 Å². The number of likely N-dealkylation sites (N-methyl/N-ethyl adjacent to an activating group) is 1. The Labute approximate surface area is 159 Å². The van der Waals surface area contributed by atoms with Crippen molar-refractivity contribution in [3.8, 4) is 0 Å².